The van der Waals surface area contributed by atoms with Gasteiger partial charge < -0.3 is 10.2 Å². The predicted molar refractivity (Wildman–Crippen MR) is 156 cm³/mol. The molecule has 0 aliphatic rings. The fraction of sp³-hybridized carbons (Fsp3) is 0.333. The number of carbonyl (C=O) groups excluding carboxylic acids is 2. The van der Waals surface area contributed by atoms with Crippen molar-refractivity contribution < 1.29 is 18.0 Å². The van der Waals surface area contributed by atoms with Crippen LogP contribution < -0.4 is 9.62 Å². The molecule has 0 saturated carbocycles. The van der Waals surface area contributed by atoms with E-state index in [1.807, 2.05) is 45.0 Å². The Labute approximate surface area is 236 Å². The van der Waals surface area contributed by atoms with E-state index < -0.39 is 28.5 Å². The molecule has 2 atom stereocenters. The summed E-state index contributed by atoms with van der Waals surface area (Å²) in [5.41, 5.74) is 2.93. The van der Waals surface area contributed by atoms with Gasteiger partial charge in [-0.1, -0.05) is 66.6 Å². The molecule has 0 spiro atoms. The molecular formula is C30H36ClN3O4S. The lowest BCUT2D eigenvalue weighted by Gasteiger charge is -2.33. The second kappa shape index (κ2) is 13.1. The molecule has 0 aliphatic heterocycles. The van der Waals surface area contributed by atoms with Crippen molar-refractivity contribution in [2.75, 3.05) is 10.8 Å². The van der Waals surface area contributed by atoms with Crippen molar-refractivity contribution in [3.8, 4) is 0 Å². The summed E-state index contributed by atoms with van der Waals surface area (Å²) in [6.07, 6.45) is 0.741. The quantitative estimate of drug-likeness (QED) is 0.331. The molecule has 0 fully saturated rings. The SMILES string of the molecule is CC[C@@H](C)NC(=O)[C@H](C)N(Cc1cccc(C)c1)C(=O)CN(c1ccccc1C)S(=O)(=O)c1ccc(Cl)cc1. The Morgan fingerprint density at radius 1 is 0.949 bits per heavy atom. The minimum Gasteiger partial charge on any atom is -0.352 e. The van der Waals surface area contributed by atoms with Crippen molar-refractivity contribution in [1.82, 2.24) is 10.2 Å². The Balaban J connectivity index is 2.04. The van der Waals surface area contributed by atoms with Crippen LogP contribution in [0.25, 0.3) is 0 Å². The van der Waals surface area contributed by atoms with Crippen LogP contribution in [0.15, 0.2) is 77.7 Å². The molecule has 3 aromatic carbocycles. The molecule has 0 bridgehead atoms. The predicted octanol–water partition coefficient (Wildman–Crippen LogP) is 5.48. The summed E-state index contributed by atoms with van der Waals surface area (Å²) < 4.78 is 28.9. The van der Waals surface area contributed by atoms with Crippen molar-refractivity contribution in [3.63, 3.8) is 0 Å². The van der Waals surface area contributed by atoms with E-state index in [-0.39, 0.29) is 23.4 Å². The largest absolute Gasteiger partial charge is 0.352 e. The van der Waals surface area contributed by atoms with Crippen molar-refractivity contribution in [2.45, 2.75) is 64.6 Å². The highest BCUT2D eigenvalue weighted by Gasteiger charge is 2.33. The van der Waals surface area contributed by atoms with Gasteiger partial charge in [-0.3, -0.25) is 13.9 Å². The number of sulfonamides is 1. The summed E-state index contributed by atoms with van der Waals surface area (Å²) in [5.74, 6) is -0.794. The highest BCUT2D eigenvalue weighted by molar-refractivity contribution is 7.92. The van der Waals surface area contributed by atoms with Gasteiger partial charge >= 0.3 is 0 Å². The first kappa shape index (κ1) is 30.2. The molecule has 9 heteroatoms. The number of amides is 2. The van der Waals surface area contributed by atoms with E-state index in [0.29, 0.717) is 16.3 Å². The minimum atomic E-state index is -4.14. The molecule has 0 unspecified atom stereocenters. The van der Waals surface area contributed by atoms with Gasteiger partial charge in [-0.2, -0.15) is 0 Å². The Bertz CT molecular complexity index is 1410. The average Bonchev–Trinajstić information content (AvgIpc) is 2.90. The van der Waals surface area contributed by atoms with Crippen molar-refractivity contribution >= 4 is 39.1 Å². The summed E-state index contributed by atoms with van der Waals surface area (Å²) >= 11 is 6.00. The zero-order valence-corrected chi connectivity index (χ0v) is 24.6. The molecule has 208 valence electrons. The van der Waals surface area contributed by atoms with E-state index in [1.165, 1.54) is 29.2 Å². The third-order valence-electron chi connectivity index (χ3n) is 6.67. The number of aryl methyl sites for hydroxylation is 2. The third-order valence-corrected chi connectivity index (χ3v) is 8.69. The number of anilines is 1. The van der Waals surface area contributed by atoms with Gasteiger partial charge in [-0.15, -0.1) is 0 Å². The van der Waals surface area contributed by atoms with E-state index in [1.54, 1.807) is 38.1 Å². The van der Waals surface area contributed by atoms with Gasteiger partial charge in [0.15, 0.2) is 0 Å². The Morgan fingerprint density at radius 2 is 1.62 bits per heavy atom. The maximum Gasteiger partial charge on any atom is 0.264 e. The van der Waals surface area contributed by atoms with E-state index >= 15 is 0 Å². The van der Waals surface area contributed by atoms with E-state index in [0.717, 1.165) is 21.9 Å². The first-order chi connectivity index (χ1) is 18.4. The number of halogens is 1. The van der Waals surface area contributed by atoms with Crippen LogP contribution in [0.5, 0.6) is 0 Å². The topological polar surface area (TPSA) is 86.8 Å². The summed E-state index contributed by atoms with van der Waals surface area (Å²) in [7, 11) is -4.14. The van der Waals surface area contributed by atoms with Crippen LogP contribution in [0.1, 0.15) is 43.9 Å². The maximum atomic E-state index is 14.0. The second-order valence-corrected chi connectivity index (χ2v) is 12.1. The van der Waals surface area contributed by atoms with Gasteiger partial charge in [-0.25, -0.2) is 8.42 Å². The molecule has 3 aromatic rings. The highest BCUT2D eigenvalue weighted by Crippen LogP contribution is 2.28. The number of nitrogens with one attached hydrogen (secondary N) is 1. The standard InChI is InChI=1S/C30H36ClN3O4S/c1-6-23(4)32-30(36)24(5)33(19-25-12-9-10-21(2)18-25)29(35)20-34(28-13-8-7-11-22(28)3)39(37,38)27-16-14-26(31)15-17-27/h7-18,23-24H,6,19-20H2,1-5H3,(H,32,36)/t23-,24+/m1/s1. The smallest absolute Gasteiger partial charge is 0.264 e. The third kappa shape index (κ3) is 7.61. The molecule has 0 aliphatic carbocycles. The first-order valence-electron chi connectivity index (χ1n) is 12.9. The normalized spacial score (nSPS) is 12.9. The van der Waals surface area contributed by atoms with Crippen molar-refractivity contribution in [3.05, 3.63) is 94.5 Å². The van der Waals surface area contributed by atoms with Gasteiger partial charge in [0.25, 0.3) is 10.0 Å². The van der Waals surface area contributed by atoms with Crippen LogP contribution in [-0.2, 0) is 26.2 Å². The van der Waals surface area contributed by atoms with Crippen LogP contribution >= 0.6 is 11.6 Å². The number of hydrogen-bond acceptors (Lipinski definition) is 4. The minimum absolute atomic E-state index is 0.00995. The second-order valence-electron chi connectivity index (χ2n) is 9.76. The molecule has 2 amide bonds. The summed E-state index contributed by atoms with van der Waals surface area (Å²) in [6.45, 7) is 8.94. The van der Waals surface area contributed by atoms with Crippen LogP contribution in [0, 0.1) is 13.8 Å². The highest BCUT2D eigenvalue weighted by atomic mass is 35.5. The zero-order valence-electron chi connectivity index (χ0n) is 23.0. The van der Waals surface area contributed by atoms with Gasteiger partial charge in [0.1, 0.15) is 12.6 Å². The fourth-order valence-corrected chi connectivity index (χ4v) is 5.75. The molecule has 0 saturated heterocycles. The molecule has 7 nitrogen and oxygen atoms in total. The average molecular weight is 570 g/mol. The summed E-state index contributed by atoms with van der Waals surface area (Å²) in [6, 6.07) is 19.6. The number of benzene rings is 3. The summed E-state index contributed by atoms with van der Waals surface area (Å²) in [5, 5.41) is 3.34. The Kier molecular flexibility index (Phi) is 10.2. The van der Waals surface area contributed by atoms with Gasteiger partial charge in [0.05, 0.1) is 10.6 Å². The first-order valence-corrected chi connectivity index (χ1v) is 14.7. The number of carbonyl (C=O) groups is 2. The summed E-state index contributed by atoms with van der Waals surface area (Å²) in [4.78, 5) is 28.6. The Morgan fingerprint density at radius 3 is 2.23 bits per heavy atom. The lowest BCUT2D eigenvalue weighted by molar-refractivity contribution is -0.139. The van der Waals surface area contributed by atoms with Crippen molar-refractivity contribution in [1.29, 1.82) is 0 Å². The van der Waals surface area contributed by atoms with E-state index in [9.17, 15) is 18.0 Å². The molecule has 0 aromatic heterocycles. The van der Waals surface area contributed by atoms with E-state index in [2.05, 4.69) is 5.32 Å². The van der Waals surface area contributed by atoms with Gasteiger partial charge in [0.2, 0.25) is 11.8 Å². The molecule has 3 rings (SSSR count). The molecule has 1 N–H and O–H groups in total. The molecular weight excluding hydrogens is 534 g/mol. The number of hydrogen-bond donors (Lipinski definition) is 1. The van der Waals surface area contributed by atoms with Gasteiger partial charge in [0, 0.05) is 17.6 Å². The van der Waals surface area contributed by atoms with Crippen molar-refractivity contribution in [2.24, 2.45) is 0 Å². The van der Waals surface area contributed by atoms with E-state index in [4.69, 9.17) is 11.6 Å². The molecule has 39 heavy (non-hydrogen) atoms. The van der Waals surface area contributed by atoms with Gasteiger partial charge in [-0.05, 0) is 75.6 Å². The van der Waals surface area contributed by atoms with Crippen LogP contribution in [-0.4, -0.2) is 43.8 Å². The van der Waals surface area contributed by atoms with Crippen LogP contribution in [0.3, 0.4) is 0 Å². The lowest BCUT2D eigenvalue weighted by atomic mass is 10.1. The molecule has 0 heterocycles. The zero-order chi connectivity index (χ0) is 28.7. The van der Waals surface area contributed by atoms with Crippen LogP contribution in [0.2, 0.25) is 5.02 Å². The fourth-order valence-electron chi connectivity index (χ4n) is 4.15. The number of rotatable bonds is 11. The van der Waals surface area contributed by atoms with Crippen LogP contribution in [0.4, 0.5) is 5.69 Å². The maximum absolute atomic E-state index is 14.0. The lowest BCUT2D eigenvalue weighted by Crippen LogP contribution is -2.52. The number of nitrogens with zero attached hydrogens (tertiary/aromatic N) is 2. The Hall–Kier alpha value is -3.36. The monoisotopic (exact) mass is 569 g/mol. The molecule has 0 radical (unpaired) electrons. The number of para-hydroxylation sites is 1.